The number of benzene rings is 2. The van der Waals surface area contributed by atoms with E-state index >= 15 is 0 Å². The van der Waals surface area contributed by atoms with Crippen molar-refractivity contribution in [3.05, 3.63) is 70.4 Å². The van der Waals surface area contributed by atoms with Crippen molar-refractivity contribution in [1.82, 2.24) is 4.90 Å². The Labute approximate surface area is 166 Å². The van der Waals surface area contributed by atoms with Gasteiger partial charge in [-0.25, -0.2) is 0 Å². The van der Waals surface area contributed by atoms with Crippen LogP contribution in [0.5, 0.6) is 0 Å². The smallest absolute Gasteiger partial charge is 0.229 e. The lowest BCUT2D eigenvalue weighted by molar-refractivity contribution is -0.129. The number of carbonyl (C=O) groups is 2. The number of amides is 2. The summed E-state index contributed by atoms with van der Waals surface area (Å²) in [6.45, 7) is 6.49. The summed E-state index contributed by atoms with van der Waals surface area (Å²) in [6.07, 6.45) is 6.02. The molecule has 0 saturated heterocycles. The Bertz CT molecular complexity index is 977. The highest BCUT2D eigenvalue weighted by Crippen LogP contribution is 2.36. The lowest BCUT2D eigenvalue weighted by Crippen LogP contribution is -2.40. The fourth-order valence-corrected chi connectivity index (χ4v) is 4.52. The second-order valence-electron chi connectivity index (χ2n) is 7.82. The average Bonchev–Trinajstić information content (AvgIpc) is 2.67. The maximum absolute atomic E-state index is 13.4. The molecular formula is C24H26N2O2. The number of carbonyl (C=O) groups excluding carboxylic acids is 2. The second-order valence-corrected chi connectivity index (χ2v) is 7.82. The molecular weight excluding hydrogens is 348 g/mol. The molecule has 0 aliphatic carbocycles. The molecule has 1 unspecified atom stereocenters. The number of anilines is 1. The Hall–Kier alpha value is -2.88. The molecule has 2 heterocycles. The van der Waals surface area contributed by atoms with E-state index in [0.717, 1.165) is 36.2 Å². The van der Waals surface area contributed by atoms with Gasteiger partial charge in [0, 0.05) is 25.4 Å². The normalized spacial score (nSPS) is 17.9. The maximum atomic E-state index is 13.4. The highest BCUT2D eigenvalue weighted by Gasteiger charge is 2.31. The van der Waals surface area contributed by atoms with Gasteiger partial charge < -0.3 is 9.80 Å². The Balaban J connectivity index is 1.67. The number of hydrogen-bond donors (Lipinski definition) is 0. The molecule has 2 aromatic carbocycles. The highest BCUT2D eigenvalue weighted by atomic mass is 16.2. The van der Waals surface area contributed by atoms with E-state index in [4.69, 9.17) is 0 Å². The Morgan fingerprint density at radius 2 is 1.93 bits per heavy atom. The molecule has 4 heteroatoms. The fraction of sp³-hybridized carbons (Fsp3) is 0.333. The summed E-state index contributed by atoms with van der Waals surface area (Å²) in [7, 11) is 0. The number of nitrogens with zero attached hydrogens (tertiary/aromatic N) is 2. The van der Waals surface area contributed by atoms with Gasteiger partial charge in [-0.3, -0.25) is 9.59 Å². The van der Waals surface area contributed by atoms with Crippen LogP contribution in [0.3, 0.4) is 0 Å². The van der Waals surface area contributed by atoms with Gasteiger partial charge in [0.15, 0.2) is 0 Å². The summed E-state index contributed by atoms with van der Waals surface area (Å²) in [4.78, 5) is 29.2. The van der Waals surface area contributed by atoms with E-state index in [1.165, 1.54) is 16.7 Å². The molecule has 0 fully saturated rings. The molecule has 4 rings (SSSR count). The first-order valence-electron chi connectivity index (χ1n) is 9.92. The van der Waals surface area contributed by atoms with E-state index in [-0.39, 0.29) is 24.3 Å². The van der Waals surface area contributed by atoms with Gasteiger partial charge in [-0.2, -0.15) is 0 Å². The van der Waals surface area contributed by atoms with E-state index in [1.54, 1.807) is 18.0 Å². The van der Waals surface area contributed by atoms with Crippen LogP contribution in [-0.2, 0) is 16.0 Å². The molecule has 0 N–H and O–H groups in total. The van der Waals surface area contributed by atoms with Gasteiger partial charge in [0.25, 0.3) is 0 Å². The molecule has 1 atom stereocenters. The summed E-state index contributed by atoms with van der Waals surface area (Å²) < 4.78 is 0. The van der Waals surface area contributed by atoms with Crippen molar-refractivity contribution < 1.29 is 9.59 Å². The topological polar surface area (TPSA) is 40.6 Å². The first-order chi connectivity index (χ1) is 13.5. The summed E-state index contributed by atoms with van der Waals surface area (Å²) in [5.74, 6) is 0.0292. The zero-order valence-electron chi connectivity index (χ0n) is 16.7. The molecule has 28 heavy (non-hydrogen) atoms. The van der Waals surface area contributed by atoms with Crippen molar-refractivity contribution in [2.45, 2.75) is 46.1 Å². The van der Waals surface area contributed by atoms with Crippen LogP contribution < -0.4 is 4.90 Å². The lowest BCUT2D eigenvalue weighted by atomic mass is 9.91. The number of hydrogen-bond acceptors (Lipinski definition) is 2. The third-order valence-electron chi connectivity index (χ3n) is 5.83. The molecule has 2 aliphatic rings. The Kier molecular flexibility index (Phi) is 4.80. The van der Waals surface area contributed by atoms with Gasteiger partial charge in [0.2, 0.25) is 11.8 Å². The van der Waals surface area contributed by atoms with Crippen LogP contribution in [0, 0.1) is 13.8 Å². The molecule has 144 valence electrons. The summed E-state index contributed by atoms with van der Waals surface area (Å²) in [6, 6.07) is 12.1. The maximum Gasteiger partial charge on any atom is 0.229 e. The minimum atomic E-state index is -0.262. The molecule has 2 amide bonds. The van der Waals surface area contributed by atoms with Crippen LogP contribution >= 0.6 is 0 Å². The van der Waals surface area contributed by atoms with Crippen molar-refractivity contribution in [3.63, 3.8) is 0 Å². The van der Waals surface area contributed by atoms with Crippen LogP contribution in [0.25, 0.3) is 6.08 Å². The first kappa shape index (κ1) is 18.5. The molecule has 0 radical (unpaired) electrons. The number of aryl methyl sites for hydroxylation is 2. The van der Waals surface area contributed by atoms with Gasteiger partial charge >= 0.3 is 0 Å². The second kappa shape index (κ2) is 7.27. The zero-order chi connectivity index (χ0) is 19.8. The Morgan fingerprint density at radius 1 is 1.14 bits per heavy atom. The predicted octanol–water partition coefficient (Wildman–Crippen LogP) is 4.55. The van der Waals surface area contributed by atoms with E-state index in [0.29, 0.717) is 0 Å². The summed E-state index contributed by atoms with van der Waals surface area (Å²) >= 11 is 0. The molecule has 0 bridgehead atoms. The average molecular weight is 374 g/mol. The SMILES string of the molecule is CC(=O)N1C=Cc2ccccc2C1CC(=O)N1CCCc2c(C)cc(C)cc21. The van der Waals surface area contributed by atoms with Crippen LogP contribution in [0.1, 0.15) is 53.6 Å². The van der Waals surface area contributed by atoms with Gasteiger partial charge in [0.05, 0.1) is 12.5 Å². The van der Waals surface area contributed by atoms with Crippen LogP contribution in [0.2, 0.25) is 0 Å². The molecule has 0 aromatic heterocycles. The molecule has 0 saturated carbocycles. The van der Waals surface area contributed by atoms with Crippen molar-refractivity contribution in [2.24, 2.45) is 0 Å². The quantitative estimate of drug-likeness (QED) is 0.774. The molecule has 4 nitrogen and oxygen atoms in total. The van der Waals surface area contributed by atoms with Crippen molar-refractivity contribution in [3.8, 4) is 0 Å². The summed E-state index contributed by atoms with van der Waals surface area (Å²) in [5.41, 5.74) is 6.85. The van der Waals surface area contributed by atoms with Gasteiger partial charge in [-0.1, -0.05) is 30.3 Å². The zero-order valence-corrected chi connectivity index (χ0v) is 16.7. The van der Waals surface area contributed by atoms with E-state index in [1.807, 2.05) is 35.2 Å². The lowest BCUT2D eigenvalue weighted by Gasteiger charge is -2.36. The van der Waals surface area contributed by atoms with Gasteiger partial charge in [-0.05, 0) is 66.6 Å². The summed E-state index contributed by atoms with van der Waals surface area (Å²) in [5, 5.41) is 0. The standard InChI is InChI=1S/C24H26N2O2/c1-16-13-17(2)20-9-6-11-26(22(20)14-16)24(28)15-23-21-8-5-4-7-19(21)10-12-25(23)18(3)27/h4-5,7-8,10,12-14,23H,6,9,11,15H2,1-3H3. The number of rotatable bonds is 2. The Morgan fingerprint density at radius 3 is 2.71 bits per heavy atom. The van der Waals surface area contributed by atoms with Crippen molar-refractivity contribution in [1.29, 1.82) is 0 Å². The monoisotopic (exact) mass is 374 g/mol. The van der Waals surface area contributed by atoms with Crippen molar-refractivity contribution >= 4 is 23.6 Å². The van der Waals surface area contributed by atoms with E-state index < -0.39 is 0 Å². The minimum absolute atomic E-state index is 0.0470. The third-order valence-corrected chi connectivity index (χ3v) is 5.83. The third kappa shape index (κ3) is 3.24. The minimum Gasteiger partial charge on any atom is -0.312 e. The largest absolute Gasteiger partial charge is 0.312 e. The van der Waals surface area contributed by atoms with Crippen LogP contribution in [0.4, 0.5) is 5.69 Å². The van der Waals surface area contributed by atoms with Gasteiger partial charge in [-0.15, -0.1) is 0 Å². The highest BCUT2D eigenvalue weighted by molar-refractivity contribution is 5.96. The van der Waals surface area contributed by atoms with E-state index in [2.05, 4.69) is 26.0 Å². The molecule has 0 spiro atoms. The van der Waals surface area contributed by atoms with Crippen LogP contribution in [0.15, 0.2) is 42.6 Å². The number of fused-ring (bicyclic) bond motifs is 2. The van der Waals surface area contributed by atoms with Crippen molar-refractivity contribution in [2.75, 3.05) is 11.4 Å². The first-order valence-corrected chi connectivity index (χ1v) is 9.92. The van der Waals surface area contributed by atoms with Crippen LogP contribution in [-0.4, -0.2) is 23.3 Å². The predicted molar refractivity (Wildman–Crippen MR) is 112 cm³/mol. The van der Waals surface area contributed by atoms with Gasteiger partial charge in [0.1, 0.15) is 0 Å². The molecule has 2 aliphatic heterocycles. The van der Waals surface area contributed by atoms with E-state index in [9.17, 15) is 9.59 Å². The fourth-order valence-electron chi connectivity index (χ4n) is 4.52. The molecule has 2 aromatic rings.